The van der Waals surface area contributed by atoms with Crippen molar-refractivity contribution < 1.29 is 5.11 Å². The third kappa shape index (κ3) is 3.96. The molecule has 0 aliphatic rings. The van der Waals surface area contributed by atoms with Crippen LogP contribution in [-0.4, -0.2) is 36.3 Å². The number of anilines is 1. The van der Waals surface area contributed by atoms with E-state index in [0.29, 0.717) is 0 Å². The maximum atomic E-state index is 9.18. The van der Waals surface area contributed by atoms with Gasteiger partial charge >= 0.3 is 0 Å². The fraction of sp³-hybridized carbons (Fsp3) is 0.643. The van der Waals surface area contributed by atoms with Gasteiger partial charge in [0.2, 0.25) is 0 Å². The van der Waals surface area contributed by atoms with Gasteiger partial charge in [0, 0.05) is 19.8 Å². The molecule has 102 valence electrons. The molecule has 0 aliphatic carbocycles. The molecule has 0 saturated carbocycles. The van der Waals surface area contributed by atoms with Crippen molar-refractivity contribution in [2.45, 2.75) is 39.8 Å². The number of nitrogens with one attached hydrogen (secondary N) is 1. The Morgan fingerprint density at radius 1 is 1.50 bits per heavy atom. The molecule has 2 N–H and O–H groups in total. The average molecular weight is 251 g/mol. The van der Waals surface area contributed by atoms with Crippen LogP contribution in [0, 0.1) is 6.92 Å². The molecule has 18 heavy (non-hydrogen) atoms. The van der Waals surface area contributed by atoms with Gasteiger partial charge in [0.05, 0.1) is 12.6 Å². The molecule has 0 bridgehead atoms. The van der Waals surface area contributed by atoms with Crippen LogP contribution in [0.15, 0.2) is 12.3 Å². The van der Waals surface area contributed by atoms with Crippen molar-refractivity contribution in [3.63, 3.8) is 0 Å². The van der Waals surface area contributed by atoms with Crippen molar-refractivity contribution in [1.29, 1.82) is 0 Å². The molecule has 1 aromatic rings. The second kappa shape index (κ2) is 7.34. The third-order valence-corrected chi connectivity index (χ3v) is 3.12. The van der Waals surface area contributed by atoms with Crippen LogP contribution in [0.25, 0.3) is 0 Å². The SMILES string of the molecule is CCCNCc1cnc(N(C)C(C)CO)c(C)c1. The van der Waals surface area contributed by atoms with Gasteiger partial charge in [0.15, 0.2) is 0 Å². The Labute approximate surface area is 110 Å². The van der Waals surface area contributed by atoms with E-state index in [4.69, 9.17) is 0 Å². The molecule has 1 unspecified atom stereocenters. The zero-order chi connectivity index (χ0) is 13.5. The Bertz CT molecular complexity index is 368. The normalized spacial score (nSPS) is 12.5. The van der Waals surface area contributed by atoms with Crippen LogP contribution < -0.4 is 10.2 Å². The van der Waals surface area contributed by atoms with Crippen LogP contribution in [0.5, 0.6) is 0 Å². The molecule has 1 aromatic heterocycles. The Kier molecular flexibility index (Phi) is 6.09. The Hall–Kier alpha value is -1.13. The van der Waals surface area contributed by atoms with E-state index in [0.717, 1.165) is 30.9 Å². The number of likely N-dealkylation sites (N-methyl/N-ethyl adjacent to an activating group) is 1. The number of aliphatic hydroxyl groups is 1. The maximum absolute atomic E-state index is 9.18. The standard InChI is InChI=1S/C14H25N3O/c1-5-6-15-8-13-7-11(2)14(16-9-13)17(4)12(3)10-18/h7,9,12,15,18H,5-6,8,10H2,1-4H3. The molecule has 1 atom stereocenters. The summed E-state index contributed by atoms with van der Waals surface area (Å²) in [6.07, 6.45) is 3.05. The average Bonchev–Trinajstić information content (AvgIpc) is 2.37. The number of hydrogen-bond acceptors (Lipinski definition) is 4. The summed E-state index contributed by atoms with van der Waals surface area (Å²) in [6, 6.07) is 2.24. The van der Waals surface area contributed by atoms with Gasteiger partial charge in [-0.05, 0) is 44.0 Å². The van der Waals surface area contributed by atoms with E-state index in [1.54, 1.807) is 0 Å². The minimum atomic E-state index is 0.0836. The van der Waals surface area contributed by atoms with Crippen LogP contribution in [0.2, 0.25) is 0 Å². The van der Waals surface area contributed by atoms with Gasteiger partial charge < -0.3 is 15.3 Å². The molecule has 0 aromatic carbocycles. The molecular formula is C14H25N3O. The maximum Gasteiger partial charge on any atom is 0.131 e. The van der Waals surface area contributed by atoms with Gasteiger partial charge in [0.25, 0.3) is 0 Å². The first-order valence-corrected chi connectivity index (χ1v) is 6.60. The van der Waals surface area contributed by atoms with E-state index in [1.807, 2.05) is 25.1 Å². The first kappa shape index (κ1) is 14.9. The summed E-state index contributed by atoms with van der Waals surface area (Å²) in [7, 11) is 1.96. The zero-order valence-corrected chi connectivity index (χ0v) is 11.9. The summed E-state index contributed by atoms with van der Waals surface area (Å²) in [5.74, 6) is 0.941. The Morgan fingerprint density at radius 3 is 2.78 bits per heavy atom. The summed E-state index contributed by atoms with van der Waals surface area (Å²) in [4.78, 5) is 6.51. The van der Waals surface area contributed by atoms with E-state index >= 15 is 0 Å². The lowest BCUT2D eigenvalue weighted by molar-refractivity contribution is 0.269. The van der Waals surface area contributed by atoms with Crippen LogP contribution in [0.3, 0.4) is 0 Å². The topological polar surface area (TPSA) is 48.4 Å². The Morgan fingerprint density at radius 2 is 2.22 bits per heavy atom. The van der Waals surface area contributed by atoms with Gasteiger partial charge in [-0.2, -0.15) is 0 Å². The summed E-state index contributed by atoms with van der Waals surface area (Å²) < 4.78 is 0. The van der Waals surface area contributed by atoms with Crippen molar-refractivity contribution in [3.8, 4) is 0 Å². The number of pyridine rings is 1. The highest BCUT2D eigenvalue weighted by atomic mass is 16.3. The summed E-state index contributed by atoms with van der Waals surface area (Å²) in [5.41, 5.74) is 2.35. The first-order chi connectivity index (χ1) is 8.60. The monoisotopic (exact) mass is 251 g/mol. The molecule has 4 nitrogen and oxygen atoms in total. The van der Waals surface area contributed by atoms with Gasteiger partial charge in [-0.15, -0.1) is 0 Å². The number of rotatable bonds is 7. The smallest absolute Gasteiger partial charge is 0.131 e. The summed E-state index contributed by atoms with van der Waals surface area (Å²) in [5, 5.41) is 12.5. The van der Waals surface area contributed by atoms with Gasteiger partial charge in [-0.1, -0.05) is 6.92 Å². The van der Waals surface area contributed by atoms with E-state index in [2.05, 4.69) is 30.2 Å². The molecule has 0 spiro atoms. The molecule has 0 amide bonds. The van der Waals surface area contributed by atoms with Crippen molar-refractivity contribution in [2.24, 2.45) is 0 Å². The summed E-state index contributed by atoms with van der Waals surface area (Å²) in [6.45, 7) is 8.23. The number of aromatic nitrogens is 1. The quantitative estimate of drug-likeness (QED) is 0.724. The molecule has 0 fully saturated rings. The van der Waals surface area contributed by atoms with E-state index in [1.165, 1.54) is 5.56 Å². The minimum Gasteiger partial charge on any atom is -0.394 e. The van der Waals surface area contributed by atoms with Crippen LogP contribution in [-0.2, 0) is 6.54 Å². The fourth-order valence-electron chi connectivity index (χ4n) is 1.83. The third-order valence-electron chi connectivity index (χ3n) is 3.12. The summed E-state index contributed by atoms with van der Waals surface area (Å²) >= 11 is 0. The minimum absolute atomic E-state index is 0.0836. The molecular weight excluding hydrogens is 226 g/mol. The van der Waals surface area contributed by atoms with Gasteiger partial charge in [0.1, 0.15) is 5.82 Å². The largest absolute Gasteiger partial charge is 0.394 e. The highest BCUT2D eigenvalue weighted by molar-refractivity contribution is 5.47. The second-order valence-corrected chi connectivity index (χ2v) is 4.80. The van der Waals surface area contributed by atoms with Crippen molar-refractivity contribution >= 4 is 5.82 Å². The predicted molar refractivity (Wildman–Crippen MR) is 75.9 cm³/mol. The Balaban J connectivity index is 2.73. The van der Waals surface area contributed by atoms with E-state index < -0.39 is 0 Å². The number of nitrogens with zero attached hydrogens (tertiary/aromatic N) is 2. The van der Waals surface area contributed by atoms with Crippen LogP contribution in [0.1, 0.15) is 31.4 Å². The van der Waals surface area contributed by atoms with Crippen molar-refractivity contribution in [3.05, 3.63) is 23.4 Å². The van der Waals surface area contributed by atoms with Gasteiger partial charge in [-0.3, -0.25) is 0 Å². The highest BCUT2D eigenvalue weighted by Crippen LogP contribution is 2.18. The number of hydrogen-bond donors (Lipinski definition) is 2. The molecule has 0 radical (unpaired) electrons. The lowest BCUT2D eigenvalue weighted by Crippen LogP contribution is -2.33. The van der Waals surface area contributed by atoms with Crippen molar-refractivity contribution in [2.75, 3.05) is 25.1 Å². The molecule has 0 saturated heterocycles. The zero-order valence-electron chi connectivity index (χ0n) is 11.9. The van der Waals surface area contributed by atoms with E-state index in [9.17, 15) is 5.11 Å². The molecule has 0 aliphatic heterocycles. The lowest BCUT2D eigenvalue weighted by Gasteiger charge is -2.26. The first-order valence-electron chi connectivity index (χ1n) is 6.60. The molecule has 1 rings (SSSR count). The molecule has 1 heterocycles. The number of aryl methyl sites for hydroxylation is 1. The van der Waals surface area contributed by atoms with E-state index in [-0.39, 0.29) is 12.6 Å². The second-order valence-electron chi connectivity index (χ2n) is 4.80. The lowest BCUT2D eigenvalue weighted by atomic mass is 10.2. The molecule has 4 heteroatoms. The predicted octanol–water partition coefficient (Wildman–Crippen LogP) is 1.71. The fourth-order valence-corrected chi connectivity index (χ4v) is 1.83. The highest BCUT2D eigenvalue weighted by Gasteiger charge is 2.12. The van der Waals surface area contributed by atoms with Crippen molar-refractivity contribution in [1.82, 2.24) is 10.3 Å². The van der Waals surface area contributed by atoms with Crippen LogP contribution >= 0.6 is 0 Å². The van der Waals surface area contributed by atoms with Gasteiger partial charge in [-0.25, -0.2) is 4.98 Å². The van der Waals surface area contributed by atoms with Crippen LogP contribution in [0.4, 0.5) is 5.82 Å². The number of aliphatic hydroxyl groups excluding tert-OH is 1.